The van der Waals surface area contributed by atoms with Crippen LogP contribution in [-0.4, -0.2) is 12.4 Å². The van der Waals surface area contributed by atoms with Gasteiger partial charge in [0.25, 0.3) is 0 Å². The molecule has 0 N–H and O–H groups in total. The summed E-state index contributed by atoms with van der Waals surface area (Å²) in [5.74, 6) is -0.552. The molecule has 2 rings (SSSR count). The number of rotatable bonds is 7. The molecule has 0 unspecified atom stereocenters. The molecular weight excluding hydrogens is 301 g/mol. The van der Waals surface area contributed by atoms with Gasteiger partial charge in [-0.25, -0.2) is 4.39 Å². The van der Waals surface area contributed by atoms with Gasteiger partial charge in [0, 0.05) is 0 Å². The molecule has 24 heavy (non-hydrogen) atoms. The van der Waals surface area contributed by atoms with Crippen molar-refractivity contribution in [2.24, 2.45) is 10.2 Å². The molecule has 0 heterocycles. The topological polar surface area (TPSA) is 48.5 Å². The van der Waals surface area contributed by atoms with Crippen molar-refractivity contribution in [1.82, 2.24) is 0 Å². The van der Waals surface area contributed by atoms with E-state index in [1.807, 2.05) is 12.1 Å². The van der Waals surface area contributed by atoms with Crippen LogP contribution in [0.1, 0.15) is 48.4 Å². The van der Waals surface area contributed by atoms with Gasteiger partial charge in [0.05, 0.1) is 18.0 Å². The Balaban J connectivity index is 1.91. The van der Waals surface area contributed by atoms with Gasteiger partial charge in [-0.2, -0.15) is 15.5 Å². The molecule has 0 aliphatic carbocycles. The van der Waals surface area contributed by atoms with Crippen molar-refractivity contribution in [3.8, 4) is 6.07 Å². The standard InChI is InChI=1S/C20H20FN3/c1-2-3-4-5-16-6-8-17(9-7-16)14-23-24-15-18-10-11-19(13-22)20(21)12-18/h6-12,14-15H,2-5H2,1H3/b23-14+,24-15+. The Morgan fingerprint density at radius 1 is 1.00 bits per heavy atom. The second-order valence-electron chi connectivity index (χ2n) is 5.54. The number of aryl methyl sites for hydroxylation is 1. The Labute approximate surface area is 142 Å². The number of benzene rings is 2. The summed E-state index contributed by atoms with van der Waals surface area (Å²) >= 11 is 0. The highest BCUT2D eigenvalue weighted by Crippen LogP contribution is 2.09. The average Bonchev–Trinajstić information content (AvgIpc) is 2.60. The molecule has 0 aliphatic rings. The van der Waals surface area contributed by atoms with Crippen molar-refractivity contribution in [3.63, 3.8) is 0 Å². The maximum Gasteiger partial charge on any atom is 0.141 e. The molecule has 0 aliphatic heterocycles. The van der Waals surface area contributed by atoms with Gasteiger partial charge in [-0.3, -0.25) is 0 Å². The first-order valence-electron chi connectivity index (χ1n) is 8.08. The van der Waals surface area contributed by atoms with Crippen molar-refractivity contribution in [2.75, 3.05) is 0 Å². The van der Waals surface area contributed by atoms with E-state index < -0.39 is 5.82 Å². The third-order valence-corrected chi connectivity index (χ3v) is 3.64. The summed E-state index contributed by atoms with van der Waals surface area (Å²) < 4.78 is 13.5. The van der Waals surface area contributed by atoms with Crippen LogP contribution in [-0.2, 0) is 6.42 Å². The van der Waals surface area contributed by atoms with E-state index in [0.29, 0.717) is 5.56 Å². The lowest BCUT2D eigenvalue weighted by molar-refractivity contribution is 0.623. The van der Waals surface area contributed by atoms with Gasteiger partial charge in [0.15, 0.2) is 0 Å². The second kappa shape index (κ2) is 9.36. The molecule has 0 bridgehead atoms. The highest BCUT2D eigenvalue weighted by Gasteiger charge is 2.00. The summed E-state index contributed by atoms with van der Waals surface area (Å²) in [6.45, 7) is 2.20. The SMILES string of the molecule is CCCCCc1ccc(/C=N/N=C/c2ccc(C#N)c(F)c2)cc1. The van der Waals surface area contributed by atoms with E-state index in [-0.39, 0.29) is 5.56 Å². The van der Waals surface area contributed by atoms with Gasteiger partial charge in [0.2, 0.25) is 0 Å². The number of hydrogen-bond donors (Lipinski definition) is 0. The van der Waals surface area contributed by atoms with E-state index in [1.54, 1.807) is 18.4 Å². The summed E-state index contributed by atoms with van der Waals surface area (Å²) in [6, 6.07) is 14.4. The zero-order chi connectivity index (χ0) is 17.2. The van der Waals surface area contributed by atoms with Crippen LogP contribution >= 0.6 is 0 Å². The third kappa shape index (κ3) is 5.44. The summed E-state index contributed by atoms with van der Waals surface area (Å²) in [7, 11) is 0. The number of hydrogen-bond acceptors (Lipinski definition) is 3. The smallest absolute Gasteiger partial charge is 0.141 e. The maximum absolute atomic E-state index is 13.5. The zero-order valence-electron chi connectivity index (χ0n) is 13.7. The predicted molar refractivity (Wildman–Crippen MR) is 96.0 cm³/mol. The normalized spacial score (nSPS) is 11.2. The molecule has 122 valence electrons. The maximum atomic E-state index is 13.5. The minimum absolute atomic E-state index is 0.0228. The van der Waals surface area contributed by atoms with Gasteiger partial charge in [0.1, 0.15) is 11.9 Å². The highest BCUT2D eigenvalue weighted by atomic mass is 19.1. The number of halogens is 1. The highest BCUT2D eigenvalue weighted by molar-refractivity contribution is 5.82. The van der Waals surface area contributed by atoms with E-state index >= 15 is 0 Å². The fraction of sp³-hybridized carbons (Fsp3) is 0.250. The summed E-state index contributed by atoms with van der Waals surface area (Å²) in [5, 5.41) is 16.6. The fourth-order valence-corrected chi connectivity index (χ4v) is 2.25. The van der Waals surface area contributed by atoms with Crippen molar-refractivity contribution in [1.29, 1.82) is 5.26 Å². The van der Waals surface area contributed by atoms with E-state index in [1.165, 1.54) is 43.2 Å². The van der Waals surface area contributed by atoms with Gasteiger partial charge in [-0.15, -0.1) is 0 Å². The molecule has 0 saturated carbocycles. The lowest BCUT2D eigenvalue weighted by Crippen LogP contribution is -1.88. The van der Waals surface area contributed by atoms with Crippen LogP contribution in [0.25, 0.3) is 0 Å². The van der Waals surface area contributed by atoms with Crippen molar-refractivity contribution < 1.29 is 4.39 Å². The first kappa shape index (κ1) is 17.6. The van der Waals surface area contributed by atoms with Crippen molar-refractivity contribution >= 4 is 12.4 Å². The number of unbranched alkanes of at least 4 members (excludes halogenated alkanes) is 2. The van der Waals surface area contributed by atoms with Crippen LogP contribution in [0.2, 0.25) is 0 Å². The first-order valence-corrected chi connectivity index (χ1v) is 8.08. The van der Waals surface area contributed by atoms with Crippen LogP contribution in [0.4, 0.5) is 4.39 Å². The van der Waals surface area contributed by atoms with Crippen LogP contribution in [0.15, 0.2) is 52.7 Å². The quantitative estimate of drug-likeness (QED) is 0.407. The Bertz CT molecular complexity index is 755. The minimum Gasteiger partial charge on any atom is -0.206 e. The van der Waals surface area contributed by atoms with Gasteiger partial charge < -0.3 is 0 Å². The average molecular weight is 321 g/mol. The Hall–Kier alpha value is -2.80. The van der Waals surface area contributed by atoms with E-state index in [0.717, 1.165) is 12.0 Å². The van der Waals surface area contributed by atoms with Gasteiger partial charge in [-0.05, 0) is 41.7 Å². The van der Waals surface area contributed by atoms with Gasteiger partial charge >= 0.3 is 0 Å². The van der Waals surface area contributed by atoms with Crippen molar-refractivity contribution in [2.45, 2.75) is 32.6 Å². The molecule has 0 amide bonds. The van der Waals surface area contributed by atoms with Crippen LogP contribution in [0, 0.1) is 17.1 Å². The molecule has 0 spiro atoms. The van der Waals surface area contributed by atoms with Crippen LogP contribution in [0.5, 0.6) is 0 Å². The lowest BCUT2D eigenvalue weighted by Gasteiger charge is -2.00. The molecule has 0 radical (unpaired) electrons. The first-order chi connectivity index (χ1) is 11.7. The van der Waals surface area contributed by atoms with E-state index in [2.05, 4.69) is 29.3 Å². The Morgan fingerprint density at radius 2 is 1.67 bits per heavy atom. The van der Waals surface area contributed by atoms with Crippen LogP contribution < -0.4 is 0 Å². The predicted octanol–water partition coefficient (Wildman–Crippen LogP) is 4.88. The molecule has 0 atom stereocenters. The molecular formula is C20H20FN3. The van der Waals surface area contributed by atoms with Crippen LogP contribution in [0.3, 0.4) is 0 Å². The van der Waals surface area contributed by atoms with E-state index in [9.17, 15) is 4.39 Å². The third-order valence-electron chi connectivity index (χ3n) is 3.64. The summed E-state index contributed by atoms with van der Waals surface area (Å²) in [5.41, 5.74) is 2.89. The van der Waals surface area contributed by atoms with E-state index in [4.69, 9.17) is 5.26 Å². The Kier molecular flexibility index (Phi) is 6.85. The molecule has 2 aromatic carbocycles. The monoisotopic (exact) mass is 321 g/mol. The van der Waals surface area contributed by atoms with Gasteiger partial charge in [-0.1, -0.05) is 50.1 Å². The zero-order valence-corrected chi connectivity index (χ0v) is 13.7. The lowest BCUT2D eigenvalue weighted by atomic mass is 10.1. The molecule has 0 aromatic heterocycles. The number of nitriles is 1. The molecule has 3 nitrogen and oxygen atoms in total. The molecule has 2 aromatic rings. The minimum atomic E-state index is -0.552. The molecule has 0 saturated heterocycles. The number of nitrogens with zero attached hydrogens (tertiary/aromatic N) is 3. The largest absolute Gasteiger partial charge is 0.206 e. The molecule has 4 heteroatoms. The molecule has 0 fully saturated rings. The fourth-order valence-electron chi connectivity index (χ4n) is 2.25. The summed E-state index contributed by atoms with van der Waals surface area (Å²) in [4.78, 5) is 0. The summed E-state index contributed by atoms with van der Waals surface area (Å²) in [6.07, 6.45) is 7.93. The Morgan fingerprint density at radius 3 is 2.29 bits per heavy atom. The van der Waals surface area contributed by atoms with Crippen molar-refractivity contribution in [3.05, 3.63) is 70.5 Å². The second-order valence-corrected chi connectivity index (χ2v) is 5.54.